The number of nitrogens with one attached hydrogen (secondary N) is 4. The second-order valence-electron chi connectivity index (χ2n) is 8.00. The van der Waals surface area contributed by atoms with Gasteiger partial charge < -0.3 is 21.3 Å². The highest BCUT2D eigenvalue weighted by Crippen LogP contribution is 2.20. The van der Waals surface area contributed by atoms with Crippen molar-refractivity contribution in [1.29, 1.82) is 0 Å². The minimum Gasteiger partial charge on any atom is -0.341 e. The first-order chi connectivity index (χ1) is 13.9. The lowest BCUT2D eigenvalue weighted by molar-refractivity contribution is -0.138. The van der Waals surface area contributed by atoms with Gasteiger partial charge in [0.15, 0.2) is 0 Å². The van der Waals surface area contributed by atoms with Crippen molar-refractivity contribution in [2.75, 3.05) is 25.6 Å². The molecule has 12 nitrogen and oxygen atoms in total. The molecule has 3 aliphatic heterocycles. The third kappa shape index (κ3) is 8.24. The zero-order chi connectivity index (χ0) is 22.1. The summed E-state index contributed by atoms with van der Waals surface area (Å²) in [6.07, 6.45) is 2.80. The number of carbonyl (C=O) groups is 2. The number of halogens is 2. The number of piperazine rings is 1. The van der Waals surface area contributed by atoms with E-state index in [1.54, 1.807) is 0 Å². The van der Waals surface area contributed by atoms with E-state index in [-0.39, 0.29) is 61.8 Å². The minimum atomic E-state index is -3.56. The van der Waals surface area contributed by atoms with Crippen LogP contribution >= 0.6 is 24.8 Å². The van der Waals surface area contributed by atoms with E-state index in [9.17, 15) is 26.4 Å². The zero-order valence-corrected chi connectivity index (χ0v) is 20.9. The summed E-state index contributed by atoms with van der Waals surface area (Å²) in [5, 5.41) is 11.7. The van der Waals surface area contributed by atoms with Crippen LogP contribution in [0, 0.1) is 0 Å². The molecule has 0 aromatic heterocycles. The molecule has 3 aliphatic rings. The molecule has 16 heteroatoms. The number of hydrogen-bond acceptors (Lipinski definition) is 10. The fraction of sp³-hybridized carbons (Fsp3) is 0.875. The summed E-state index contributed by atoms with van der Waals surface area (Å²) in [6.45, 7) is 0.513. The maximum absolute atomic E-state index is 12.6. The topological polar surface area (TPSA) is 169 Å². The van der Waals surface area contributed by atoms with Crippen molar-refractivity contribution in [2.24, 2.45) is 0 Å². The summed E-state index contributed by atoms with van der Waals surface area (Å²) >= 11 is 0. The second-order valence-corrected chi connectivity index (χ2v) is 11.2. The Morgan fingerprint density at radius 3 is 1.28 bits per heavy atom. The van der Waals surface area contributed by atoms with Crippen LogP contribution in [0.3, 0.4) is 0 Å². The first-order valence-electron chi connectivity index (χ1n) is 9.75. The Bertz CT molecular complexity index is 800. The number of carbonyl (C=O) groups excluding carboxylic acids is 2. The molecule has 188 valence electrons. The quantitative estimate of drug-likeness (QED) is 0.276. The normalized spacial score (nSPS) is 33.8. The lowest BCUT2D eigenvalue weighted by atomic mass is 9.90. The Hall–Kier alpha value is -0.740. The molecule has 0 bridgehead atoms. The number of hydrogen-bond donors (Lipinski definition) is 4. The third-order valence-corrected chi connectivity index (χ3v) is 6.65. The highest BCUT2D eigenvalue weighted by Gasteiger charge is 2.43. The van der Waals surface area contributed by atoms with Gasteiger partial charge in [-0.1, -0.05) is 0 Å². The molecule has 6 atom stereocenters. The predicted molar refractivity (Wildman–Crippen MR) is 120 cm³/mol. The molecule has 2 amide bonds. The van der Waals surface area contributed by atoms with E-state index in [1.807, 2.05) is 0 Å². The van der Waals surface area contributed by atoms with Gasteiger partial charge >= 0.3 is 0 Å². The average Bonchev–Trinajstić information content (AvgIpc) is 2.62. The molecular formula is C16H30Cl2N4O8S2. The van der Waals surface area contributed by atoms with Crippen LogP contribution in [0.15, 0.2) is 0 Å². The third-order valence-electron chi connectivity index (χ3n) is 5.40. The second kappa shape index (κ2) is 11.6. The van der Waals surface area contributed by atoms with Crippen molar-refractivity contribution in [3.63, 3.8) is 0 Å². The van der Waals surface area contributed by atoms with E-state index in [4.69, 9.17) is 8.37 Å². The highest BCUT2D eigenvalue weighted by molar-refractivity contribution is 7.86. The van der Waals surface area contributed by atoms with Gasteiger partial charge in [0.05, 0.1) is 24.7 Å². The van der Waals surface area contributed by atoms with Gasteiger partial charge in [-0.15, -0.1) is 24.8 Å². The van der Waals surface area contributed by atoms with Crippen LogP contribution in [0.4, 0.5) is 0 Å². The molecule has 3 rings (SSSR count). The molecule has 3 saturated heterocycles. The SMILES string of the molecule is CS(=O)(=O)OC1CCC(C2NC(=O)C(C3CCC(OS(C)(=O)=O)CN3)NC2=O)NC1.Cl.Cl. The first kappa shape index (κ1) is 29.3. The van der Waals surface area contributed by atoms with Crippen molar-refractivity contribution < 1.29 is 34.8 Å². The number of piperidine rings is 2. The first-order valence-corrected chi connectivity index (χ1v) is 13.4. The standard InChI is InChI=1S/C16H28N4O8S2.2ClH/c1-29(23,24)27-9-3-5-11(17-7-9)13-15(21)20-14(16(22)19-13)12-6-4-10(8-18-12)28-30(2,25)26;;/h9-14,17-18H,3-8H2,1-2H3,(H,19,22)(H,20,21);2*1H. The van der Waals surface area contributed by atoms with Crippen molar-refractivity contribution in [1.82, 2.24) is 21.3 Å². The van der Waals surface area contributed by atoms with Gasteiger partial charge in [0, 0.05) is 25.2 Å². The molecular weight excluding hydrogens is 511 g/mol. The maximum atomic E-state index is 12.6. The Kier molecular flexibility index (Phi) is 10.6. The summed E-state index contributed by atoms with van der Waals surface area (Å²) in [4.78, 5) is 25.3. The van der Waals surface area contributed by atoms with E-state index < -0.39 is 44.5 Å². The van der Waals surface area contributed by atoms with Crippen LogP contribution in [-0.2, 0) is 38.2 Å². The minimum absolute atomic E-state index is 0. The van der Waals surface area contributed by atoms with Crippen molar-refractivity contribution in [3.05, 3.63) is 0 Å². The van der Waals surface area contributed by atoms with E-state index >= 15 is 0 Å². The molecule has 32 heavy (non-hydrogen) atoms. The molecule has 3 heterocycles. The van der Waals surface area contributed by atoms with Crippen molar-refractivity contribution in [3.8, 4) is 0 Å². The Morgan fingerprint density at radius 2 is 1.03 bits per heavy atom. The highest BCUT2D eigenvalue weighted by atomic mass is 35.5. The van der Waals surface area contributed by atoms with Gasteiger partial charge in [-0.2, -0.15) is 16.8 Å². The Labute approximate surface area is 200 Å². The van der Waals surface area contributed by atoms with Gasteiger partial charge in [-0.25, -0.2) is 0 Å². The lowest BCUT2D eigenvalue weighted by Crippen LogP contribution is -2.72. The van der Waals surface area contributed by atoms with E-state index in [0.29, 0.717) is 25.7 Å². The lowest BCUT2D eigenvalue weighted by Gasteiger charge is -2.41. The van der Waals surface area contributed by atoms with Gasteiger partial charge in [0.1, 0.15) is 12.1 Å². The van der Waals surface area contributed by atoms with E-state index in [1.165, 1.54) is 0 Å². The van der Waals surface area contributed by atoms with Crippen molar-refractivity contribution in [2.45, 2.75) is 62.1 Å². The van der Waals surface area contributed by atoms with Crippen LogP contribution in [0.5, 0.6) is 0 Å². The molecule has 0 radical (unpaired) electrons. The molecule has 0 aliphatic carbocycles. The van der Waals surface area contributed by atoms with Crippen LogP contribution in [0.2, 0.25) is 0 Å². The Balaban J connectivity index is 0.00000256. The summed E-state index contributed by atoms with van der Waals surface area (Å²) in [6, 6.07) is -2.20. The van der Waals surface area contributed by atoms with Gasteiger partial charge in [0.2, 0.25) is 11.8 Å². The molecule has 0 saturated carbocycles. The van der Waals surface area contributed by atoms with Crippen LogP contribution < -0.4 is 21.3 Å². The summed E-state index contributed by atoms with van der Waals surface area (Å²) in [5.41, 5.74) is 0. The molecule has 0 spiro atoms. The molecule has 4 N–H and O–H groups in total. The fourth-order valence-electron chi connectivity index (χ4n) is 4.12. The molecule has 0 aromatic rings. The van der Waals surface area contributed by atoms with E-state index in [2.05, 4.69) is 21.3 Å². The summed E-state index contributed by atoms with van der Waals surface area (Å²) < 4.78 is 54.9. The average molecular weight is 541 g/mol. The molecule has 3 fully saturated rings. The largest absolute Gasteiger partial charge is 0.341 e. The smallest absolute Gasteiger partial charge is 0.264 e. The predicted octanol–water partition coefficient (Wildman–Crippen LogP) is -1.99. The number of amides is 2. The van der Waals surface area contributed by atoms with Crippen LogP contribution in [0.25, 0.3) is 0 Å². The monoisotopic (exact) mass is 540 g/mol. The number of rotatable bonds is 6. The Morgan fingerprint density at radius 1 is 0.688 bits per heavy atom. The summed E-state index contributed by atoms with van der Waals surface area (Å²) in [5.74, 6) is -0.646. The summed E-state index contributed by atoms with van der Waals surface area (Å²) in [7, 11) is -7.12. The maximum Gasteiger partial charge on any atom is 0.264 e. The molecule has 0 aromatic carbocycles. The molecule has 6 unspecified atom stereocenters. The fourth-order valence-corrected chi connectivity index (χ4v) is 5.43. The zero-order valence-electron chi connectivity index (χ0n) is 17.6. The van der Waals surface area contributed by atoms with E-state index in [0.717, 1.165) is 12.5 Å². The van der Waals surface area contributed by atoms with Gasteiger partial charge in [-0.3, -0.25) is 18.0 Å². The van der Waals surface area contributed by atoms with Crippen LogP contribution in [0.1, 0.15) is 25.7 Å². The van der Waals surface area contributed by atoms with Crippen molar-refractivity contribution >= 4 is 56.9 Å². The van der Waals surface area contributed by atoms with Crippen LogP contribution in [-0.4, -0.2) is 90.6 Å². The van der Waals surface area contributed by atoms with Gasteiger partial charge in [-0.05, 0) is 25.7 Å². The van der Waals surface area contributed by atoms with Gasteiger partial charge in [0.25, 0.3) is 20.2 Å².